The highest BCUT2D eigenvalue weighted by Gasteiger charge is 2.15. The molecule has 0 aliphatic rings. The van der Waals surface area contributed by atoms with Crippen LogP contribution in [0.15, 0.2) is 53.1 Å². The van der Waals surface area contributed by atoms with E-state index in [4.69, 9.17) is 9.15 Å². The number of furan rings is 1. The number of esters is 1. The van der Waals surface area contributed by atoms with Gasteiger partial charge in [0.2, 0.25) is 0 Å². The zero-order valence-corrected chi connectivity index (χ0v) is 13.9. The maximum absolute atomic E-state index is 11.8. The molecule has 25 heavy (non-hydrogen) atoms. The molecule has 0 fully saturated rings. The van der Waals surface area contributed by atoms with Gasteiger partial charge in [0, 0.05) is 0 Å². The second-order valence-electron chi connectivity index (χ2n) is 5.49. The van der Waals surface area contributed by atoms with Crippen LogP contribution in [0.2, 0.25) is 0 Å². The van der Waals surface area contributed by atoms with E-state index in [1.165, 1.54) is 6.26 Å². The van der Waals surface area contributed by atoms with Crippen LogP contribution in [-0.2, 0) is 20.9 Å². The van der Waals surface area contributed by atoms with Crippen LogP contribution < -0.4 is 10.6 Å². The van der Waals surface area contributed by atoms with Crippen molar-refractivity contribution in [2.75, 3.05) is 6.61 Å². The zero-order valence-electron chi connectivity index (χ0n) is 13.9. The summed E-state index contributed by atoms with van der Waals surface area (Å²) in [6.07, 6.45) is 1.64. The molecule has 7 heteroatoms. The second kappa shape index (κ2) is 9.27. The highest BCUT2D eigenvalue weighted by Crippen LogP contribution is 2.18. The summed E-state index contributed by atoms with van der Waals surface area (Å²) in [7, 11) is 0. The molecule has 0 saturated carbocycles. The van der Waals surface area contributed by atoms with E-state index in [0.717, 1.165) is 5.56 Å². The topological polar surface area (TPSA) is 97.6 Å². The molecule has 0 radical (unpaired) electrons. The van der Waals surface area contributed by atoms with Crippen LogP contribution in [0.5, 0.6) is 0 Å². The summed E-state index contributed by atoms with van der Waals surface area (Å²) in [4.78, 5) is 34.9. The summed E-state index contributed by atoms with van der Waals surface area (Å²) in [5, 5.41) is 4.53. The molecule has 0 bridgehead atoms. The molecule has 2 aromatic rings. The first-order valence-corrected chi connectivity index (χ1v) is 7.85. The van der Waals surface area contributed by atoms with Gasteiger partial charge in [-0.15, -0.1) is 0 Å². The number of carbonyl (C=O) groups is 3. The van der Waals surface area contributed by atoms with Gasteiger partial charge in [0.15, 0.2) is 6.61 Å². The van der Waals surface area contributed by atoms with Gasteiger partial charge in [-0.05, 0) is 23.6 Å². The summed E-state index contributed by atoms with van der Waals surface area (Å²) >= 11 is 0. The molecular formula is C18H20N2O5. The number of hydrogen-bond donors (Lipinski definition) is 2. The minimum atomic E-state index is -0.697. The van der Waals surface area contributed by atoms with E-state index in [0.29, 0.717) is 5.76 Å². The Morgan fingerprint density at radius 1 is 1.12 bits per heavy atom. The van der Waals surface area contributed by atoms with Crippen molar-refractivity contribution in [3.63, 3.8) is 0 Å². The van der Waals surface area contributed by atoms with Crippen LogP contribution in [-0.4, -0.2) is 24.5 Å². The Kier molecular flexibility index (Phi) is 6.76. The summed E-state index contributed by atoms with van der Waals surface area (Å²) in [5.74, 6) is -0.655. The van der Waals surface area contributed by atoms with Crippen LogP contribution in [0.3, 0.4) is 0 Å². The normalized spacial score (nSPS) is 11.4. The average molecular weight is 344 g/mol. The van der Waals surface area contributed by atoms with Crippen molar-refractivity contribution in [3.05, 3.63) is 60.1 Å². The van der Waals surface area contributed by atoms with Gasteiger partial charge in [0.1, 0.15) is 5.76 Å². The third-order valence-corrected chi connectivity index (χ3v) is 3.46. The van der Waals surface area contributed by atoms with Crippen molar-refractivity contribution < 1.29 is 23.5 Å². The summed E-state index contributed by atoms with van der Waals surface area (Å²) < 4.78 is 9.94. The van der Waals surface area contributed by atoms with Crippen molar-refractivity contribution in [1.82, 2.24) is 10.6 Å². The molecule has 1 atom stereocenters. The molecule has 2 N–H and O–H groups in total. The Morgan fingerprint density at radius 2 is 1.88 bits per heavy atom. The Balaban J connectivity index is 1.65. The number of hydrogen-bond acceptors (Lipinski definition) is 5. The van der Waals surface area contributed by atoms with Gasteiger partial charge in [-0.3, -0.25) is 14.9 Å². The van der Waals surface area contributed by atoms with Crippen LogP contribution in [0.4, 0.5) is 4.79 Å². The SMILES string of the molecule is C[C@H](CC(=O)OCC(=O)NC(=O)NCc1ccco1)c1ccccc1. The first-order valence-electron chi connectivity index (χ1n) is 7.85. The number of amides is 3. The van der Waals surface area contributed by atoms with Crippen molar-refractivity contribution in [3.8, 4) is 0 Å². The number of nitrogens with one attached hydrogen (secondary N) is 2. The van der Waals surface area contributed by atoms with Gasteiger partial charge < -0.3 is 14.5 Å². The lowest BCUT2D eigenvalue weighted by atomic mass is 9.98. The second-order valence-corrected chi connectivity index (χ2v) is 5.49. The highest BCUT2D eigenvalue weighted by molar-refractivity contribution is 5.95. The maximum atomic E-state index is 11.8. The van der Waals surface area contributed by atoms with Gasteiger partial charge in [0.05, 0.1) is 19.2 Å². The van der Waals surface area contributed by atoms with E-state index in [2.05, 4.69) is 10.6 Å². The van der Waals surface area contributed by atoms with E-state index in [-0.39, 0.29) is 18.9 Å². The number of rotatable bonds is 7. The molecule has 2 rings (SSSR count). The van der Waals surface area contributed by atoms with Crippen LogP contribution >= 0.6 is 0 Å². The van der Waals surface area contributed by atoms with E-state index in [1.807, 2.05) is 37.3 Å². The molecule has 0 aliphatic carbocycles. The molecule has 132 valence electrons. The predicted molar refractivity (Wildman–Crippen MR) is 89.5 cm³/mol. The monoisotopic (exact) mass is 344 g/mol. The largest absolute Gasteiger partial charge is 0.467 e. The predicted octanol–water partition coefficient (Wildman–Crippen LogP) is 2.34. The lowest BCUT2D eigenvalue weighted by molar-refractivity contribution is -0.148. The fourth-order valence-electron chi connectivity index (χ4n) is 2.14. The Hall–Kier alpha value is -3.09. The van der Waals surface area contributed by atoms with Gasteiger partial charge >= 0.3 is 12.0 Å². The van der Waals surface area contributed by atoms with Gasteiger partial charge in [-0.2, -0.15) is 0 Å². The Morgan fingerprint density at radius 3 is 2.56 bits per heavy atom. The smallest absolute Gasteiger partial charge is 0.321 e. The lowest BCUT2D eigenvalue weighted by Crippen LogP contribution is -2.41. The molecule has 1 aromatic heterocycles. The summed E-state index contributed by atoms with van der Waals surface area (Å²) in [5.41, 5.74) is 1.02. The molecule has 0 saturated heterocycles. The minimum absolute atomic E-state index is 0.0200. The number of imide groups is 1. The maximum Gasteiger partial charge on any atom is 0.321 e. The molecular weight excluding hydrogens is 324 g/mol. The van der Waals surface area contributed by atoms with Crippen molar-refractivity contribution in [2.45, 2.75) is 25.8 Å². The quantitative estimate of drug-likeness (QED) is 0.751. The third-order valence-electron chi connectivity index (χ3n) is 3.46. The fraction of sp³-hybridized carbons (Fsp3) is 0.278. The number of ether oxygens (including phenoxy) is 1. The fourth-order valence-corrected chi connectivity index (χ4v) is 2.14. The summed E-state index contributed by atoms with van der Waals surface area (Å²) in [6.45, 7) is 1.55. The molecule has 1 aromatic carbocycles. The molecule has 3 amide bonds. The van der Waals surface area contributed by atoms with Gasteiger partial charge in [-0.25, -0.2) is 4.79 Å². The number of benzene rings is 1. The van der Waals surface area contributed by atoms with Crippen LogP contribution in [0.1, 0.15) is 30.6 Å². The van der Waals surface area contributed by atoms with Crippen LogP contribution in [0.25, 0.3) is 0 Å². The average Bonchev–Trinajstić information content (AvgIpc) is 3.12. The number of carbonyl (C=O) groups excluding carboxylic acids is 3. The summed E-state index contributed by atoms with van der Waals surface area (Å²) in [6, 6.07) is 12.2. The standard InChI is InChI=1S/C18H20N2O5/c1-13(14-6-3-2-4-7-14)10-17(22)25-12-16(21)20-18(23)19-11-15-8-5-9-24-15/h2-9,13H,10-12H2,1H3,(H2,19,20,21,23)/t13-/m1/s1. The first kappa shape index (κ1) is 18.3. The van der Waals surface area contributed by atoms with Crippen molar-refractivity contribution in [1.29, 1.82) is 0 Å². The van der Waals surface area contributed by atoms with E-state index in [9.17, 15) is 14.4 Å². The highest BCUT2D eigenvalue weighted by atomic mass is 16.5. The first-order chi connectivity index (χ1) is 12.0. The minimum Gasteiger partial charge on any atom is -0.467 e. The van der Waals surface area contributed by atoms with Gasteiger partial charge in [-0.1, -0.05) is 37.3 Å². The van der Waals surface area contributed by atoms with Crippen molar-refractivity contribution in [2.24, 2.45) is 0 Å². The van der Waals surface area contributed by atoms with Crippen molar-refractivity contribution >= 4 is 17.9 Å². The molecule has 0 unspecified atom stereocenters. The third kappa shape index (κ3) is 6.50. The van der Waals surface area contributed by atoms with Crippen LogP contribution in [0, 0.1) is 0 Å². The zero-order chi connectivity index (χ0) is 18.1. The Labute approximate surface area is 145 Å². The molecule has 7 nitrogen and oxygen atoms in total. The number of urea groups is 1. The van der Waals surface area contributed by atoms with Gasteiger partial charge in [0.25, 0.3) is 5.91 Å². The lowest BCUT2D eigenvalue weighted by Gasteiger charge is -2.11. The molecule has 1 heterocycles. The van der Waals surface area contributed by atoms with E-state index < -0.39 is 24.5 Å². The van der Waals surface area contributed by atoms with E-state index in [1.54, 1.807) is 12.1 Å². The Bertz CT molecular complexity index is 698. The molecule has 0 aliphatic heterocycles. The van der Waals surface area contributed by atoms with E-state index >= 15 is 0 Å². The molecule has 0 spiro atoms.